The summed E-state index contributed by atoms with van der Waals surface area (Å²) in [6.45, 7) is -0.225. The van der Waals surface area contributed by atoms with Crippen LogP contribution in [0.1, 0.15) is 5.56 Å². The van der Waals surface area contributed by atoms with Crippen LogP contribution in [-0.4, -0.2) is 46.8 Å². The molecule has 0 aliphatic carbocycles. The minimum absolute atomic E-state index is 0.0152. The van der Waals surface area contributed by atoms with E-state index in [4.69, 9.17) is 9.47 Å². The van der Waals surface area contributed by atoms with Gasteiger partial charge >= 0.3 is 0 Å². The molecule has 1 aromatic carbocycles. The Kier molecular flexibility index (Phi) is 5.02. The Morgan fingerprint density at radius 1 is 1.30 bits per heavy atom. The number of hydrogen-bond acceptors (Lipinski definition) is 6. The van der Waals surface area contributed by atoms with Crippen LogP contribution in [0.15, 0.2) is 30.3 Å². The van der Waals surface area contributed by atoms with Gasteiger partial charge in [-0.3, -0.25) is 10.1 Å². The highest BCUT2D eigenvalue weighted by Gasteiger charge is 2.41. The van der Waals surface area contributed by atoms with Crippen LogP contribution in [0.2, 0.25) is 0 Å². The van der Waals surface area contributed by atoms with Crippen LogP contribution in [-0.2, 0) is 16.1 Å². The molecule has 110 valence electrons. The number of ether oxygens (including phenoxy) is 2. The molecular weight excluding hydrogens is 266 g/mol. The summed E-state index contributed by atoms with van der Waals surface area (Å²) in [5, 5.41) is 30.2. The molecule has 1 fully saturated rings. The molecule has 1 saturated heterocycles. The Labute approximate surface area is 115 Å². The van der Waals surface area contributed by atoms with Gasteiger partial charge in [-0.05, 0) is 5.56 Å². The molecule has 1 aliphatic heterocycles. The van der Waals surface area contributed by atoms with E-state index in [0.717, 1.165) is 5.56 Å². The van der Waals surface area contributed by atoms with Crippen molar-refractivity contribution >= 4 is 0 Å². The molecule has 2 N–H and O–H groups in total. The van der Waals surface area contributed by atoms with Crippen molar-refractivity contribution in [3.63, 3.8) is 0 Å². The minimum Gasteiger partial charge on any atom is -0.390 e. The molecule has 0 saturated carbocycles. The van der Waals surface area contributed by atoms with E-state index in [2.05, 4.69) is 0 Å². The molecule has 0 unspecified atom stereocenters. The number of aliphatic hydroxyl groups is 2. The van der Waals surface area contributed by atoms with Crippen LogP contribution in [0.4, 0.5) is 0 Å². The first-order chi connectivity index (χ1) is 9.58. The second-order valence-electron chi connectivity index (χ2n) is 4.75. The van der Waals surface area contributed by atoms with Crippen LogP contribution >= 0.6 is 0 Å². The Bertz CT molecular complexity index is 440. The van der Waals surface area contributed by atoms with Gasteiger partial charge in [0, 0.05) is 4.92 Å². The van der Waals surface area contributed by atoms with E-state index in [0.29, 0.717) is 0 Å². The first kappa shape index (κ1) is 14.9. The van der Waals surface area contributed by atoms with Crippen molar-refractivity contribution in [1.29, 1.82) is 0 Å². The minimum atomic E-state index is -1.29. The zero-order valence-corrected chi connectivity index (χ0v) is 10.8. The normalized spacial score (nSPS) is 30.1. The van der Waals surface area contributed by atoms with Crippen LogP contribution in [0.25, 0.3) is 0 Å². The molecule has 7 nitrogen and oxygen atoms in total. The molecule has 0 radical (unpaired) electrons. The third-order valence-corrected chi connectivity index (χ3v) is 3.23. The van der Waals surface area contributed by atoms with Gasteiger partial charge in [0.15, 0.2) is 6.29 Å². The van der Waals surface area contributed by atoms with Crippen LogP contribution in [0, 0.1) is 16.0 Å². The topological polar surface area (TPSA) is 102 Å². The highest BCUT2D eigenvalue weighted by molar-refractivity contribution is 5.13. The van der Waals surface area contributed by atoms with Crippen molar-refractivity contribution in [3.8, 4) is 0 Å². The van der Waals surface area contributed by atoms with Gasteiger partial charge in [0.25, 0.3) is 0 Å². The molecular formula is C13H17NO6. The maximum Gasteiger partial charge on any atom is 0.211 e. The van der Waals surface area contributed by atoms with E-state index < -0.39 is 35.9 Å². The van der Waals surface area contributed by atoms with Crippen LogP contribution in [0.3, 0.4) is 0 Å². The van der Waals surface area contributed by atoms with E-state index in [1.54, 1.807) is 0 Å². The second kappa shape index (κ2) is 6.76. The molecule has 1 aromatic rings. The predicted molar refractivity (Wildman–Crippen MR) is 68.3 cm³/mol. The maximum absolute atomic E-state index is 10.4. The average Bonchev–Trinajstić information content (AvgIpc) is 2.44. The second-order valence-corrected chi connectivity index (χ2v) is 4.75. The van der Waals surface area contributed by atoms with Gasteiger partial charge in [-0.25, -0.2) is 0 Å². The number of hydrogen-bond donors (Lipinski definition) is 2. The standard InChI is InChI=1S/C13H17NO6/c15-11-10(6-14(17)18)8-20-13(12(11)16)19-7-9-4-2-1-3-5-9/h1-5,10-13,15-16H,6-8H2/t10-,11+,12-,13+/m0/s1. The lowest BCUT2D eigenvalue weighted by molar-refractivity contribution is -0.495. The number of nitrogens with zero attached hydrogens (tertiary/aromatic N) is 1. The fourth-order valence-corrected chi connectivity index (χ4v) is 2.11. The third-order valence-electron chi connectivity index (χ3n) is 3.23. The first-order valence-corrected chi connectivity index (χ1v) is 6.33. The van der Waals surface area contributed by atoms with Crippen molar-refractivity contribution in [2.45, 2.75) is 25.1 Å². The van der Waals surface area contributed by atoms with E-state index >= 15 is 0 Å². The summed E-state index contributed by atoms with van der Waals surface area (Å²) in [6.07, 6.45) is -3.50. The highest BCUT2D eigenvalue weighted by Crippen LogP contribution is 2.22. The molecule has 0 amide bonds. The number of aliphatic hydroxyl groups excluding tert-OH is 2. The van der Waals surface area contributed by atoms with Crippen LogP contribution < -0.4 is 0 Å². The molecule has 0 spiro atoms. The van der Waals surface area contributed by atoms with Gasteiger partial charge in [-0.15, -0.1) is 0 Å². The lowest BCUT2D eigenvalue weighted by Crippen LogP contribution is -2.52. The Morgan fingerprint density at radius 3 is 2.65 bits per heavy atom. The Morgan fingerprint density at radius 2 is 2.00 bits per heavy atom. The monoisotopic (exact) mass is 283 g/mol. The van der Waals surface area contributed by atoms with Gasteiger partial charge < -0.3 is 19.7 Å². The van der Waals surface area contributed by atoms with Crippen molar-refractivity contribution in [2.75, 3.05) is 13.2 Å². The van der Waals surface area contributed by atoms with Crippen molar-refractivity contribution in [1.82, 2.24) is 0 Å². The predicted octanol–water partition coefficient (Wildman–Crippen LogP) is 0.174. The highest BCUT2D eigenvalue weighted by atomic mass is 16.7. The number of nitro groups is 1. The number of benzene rings is 1. The van der Waals surface area contributed by atoms with Crippen LogP contribution in [0.5, 0.6) is 0 Å². The summed E-state index contributed by atoms with van der Waals surface area (Å²) in [4.78, 5) is 9.91. The molecule has 0 bridgehead atoms. The third kappa shape index (κ3) is 3.73. The van der Waals surface area contributed by atoms with Crippen molar-refractivity contribution in [2.24, 2.45) is 5.92 Å². The average molecular weight is 283 g/mol. The largest absolute Gasteiger partial charge is 0.390 e. The molecule has 7 heteroatoms. The SMILES string of the molecule is O=[N+]([O-])C[C@H]1CO[C@@H](OCc2ccccc2)[C@@H](O)[C@@H]1O. The van der Waals surface area contributed by atoms with E-state index in [-0.39, 0.29) is 13.2 Å². The number of rotatable bonds is 5. The van der Waals surface area contributed by atoms with Gasteiger partial charge in [-0.1, -0.05) is 30.3 Å². The Balaban J connectivity index is 1.87. The fourth-order valence-electron chi connectivity index (χ4n) is 2.11. The zero-order chi connectivity index (χ0) is 14.5. The smallest absolute Gasteiger partial charge is 0.211 e. The molecule has 1 aliphatic rings. The van der Waals surface area contributed by atoms with E-state index in [9.17, 15) is 20.3 Å². The summed E-state index contributed by atoms with van der Waals surface area (Å²) >= 11 is 0. The van der Waals surface area contributed by atoms with Gasteiger partial charge in [0.05, 0.1) is 25.2 Å². The maximum atomic E-state index is 10.4. The van der Waals surface area contributed by atoms with E-state index in [1.165, 1.54) is 0 Å². The van der Waals surface area contributed by atoms with Crippen molar-refractivity contribution in [3.05, 3.63) is 46.0 Å². The van der Waals surface area contributed by atoms with Gasteiger partial charge in [0.2, 0.25) is 6.54 Å². The zero-order valence-electron chi connectivity index (χ0n) is 10.8. The molecule has 1 heterocycles. The quantitative estimate of drug-likeness (QED) is 0.590. The summed E-state index contributed by atoms with van der Waals surface area (Å²) in [6, 6.07) is 9.32. The lowest BCUT2D eigenvalue weighted by atomic mass is 9.96. The summed E-state index contributed by atoms with van der Waals surface area (Å²) in [5.41, 5.74) is 0.908. The van der Waals surface area contributed by atoms with Crippen molar-refractivity contribution < 1.29 is 24.6 Å². The summed E-state index contributed by atoms with van der Waals surface area (Å²) in [5.74, 6) is -0.725. The van der Waals surface area contributed by atoms with E-state index in [1.807, 2.05) is 30.3 Å². The first-order valence-electron chi connectivity index (χ1n) is 6.33. The molecule has 0 aromatic heterocycles. The molecule has 2 rings (SSSR count). The van der Waals surface area contributed by atoms with Gasteiger partial charge in [-0.2, -0.15) is 0 Å². The van der Waals surface area contributed by atoms with Gasteiger partial charge in [0.1, 0.15) is 6.10 Å². The molecule has 20 heavy (non-hydrogen) atoms. The summed E-state index contributed by atoms with van der Waals surface area (Å²) < 4.78 is 10.7. The lowest BCUT2D eigenvalue weighted by Gasteiger charge is -2.35. The summed E-state index contributed by atoms with van der Waals surface area (Å²) in [7, 11) is 0. The Hall–Kier alpha value is -1.54. The fraction of sp³-hybridized carbons (Fsp3) is 0.538. The molecule has 4 atom stereocenters.